The van der Waals surface area contributed by atoms with E-state index >= 15 is 0 Å². The zero-order valence-electron chi connectivity index (χ0n) is 15.5. The summed E-state index contributed by atoms with van der Waals surface area (Å²) in [5.74, 6) is -0.466. The van der Waals surface area contributed by atoms with E-state index in [1.807, 2.05) is 25.1 Å². The maximum absolute atomic E-state index is 14.0. The molecule has 1 aliphatic rings. The molecular formula is C20H19FN4OS2. The Morgan fingerprint density at radius 1 is 1.32 bits per heavy atom. The first-order chi connectivity index (χ1) is 13.5. The summed E-state index contributed by atoms with van der Waals surface area (Å²) in [5, 5.41) is 6.30. The van der Waals surface area contributed by atoms with Crippen molar-refractivity contribution in [1.82, 2.24) is 9.97 Å². The monoisotopic (exact) mass is 414 g/mol. The van der Waals surface area contributed by atoms with Gasteiger partial charge in [0.25, 0.3) is 0 Å². The lowest BCUT2D eigenvalue weighted by Crippen LogP contribution is -2.33. The molecule has 1 aliphatic carbocycles. The van der Waals surface area contributed by atoms with Crippen LogP contribution in [0, 0.1) is 18.7 Å². The summed E-state index contributed by atoms with van der Waals surface area (Å²) in [6.07, 6.45) is 2.88. The van der Waals surface area contributed by atoms with Crippen LogP contribution in [-0.2, 0) is 17.6 Å². The van der Waals surface area contributed by atoms with Crippen molar-refractivity contribution >= 4 is 34.3 Å². The number of fused-ring (bicyclic) bond motifs is 1. The number of aromatic nitrogens is 2. The first kappa shape index (κ1) is 19.0. The van der Waals surface area contributed by atoms with Crippen molar-refractivity contribution in [3.8, 4) is 11.3 Å². The second-order valence-corrected chi connectivity index (χ2v) is 8.69. The van der Waals surface area contributed by atoms with Crippen LogP contribution in [0.2, 0.25) is 0 Å². The van der Waals surface area contributed by atoms with E-state index < -0.39 is 0 Å². The average molecular weight is 415 g/mol. The van der Waals surface area contributed by atoms with Crippen LogP contribution in [0.5, 0.6) is 0 Å². The van der Waals surface area contributed by atoms with Gasteiger partial charge in [-0.1, -0.05) is 23.5 Å². The Kier molecular flexibility index (Phi) is 5.18. The number of nitrogens with two attached hydrogens (primary N) is 1. The number of nitrogens with zero attached hydrogens (tertiary/aromatic N) is 3. The Morgan fingerprint density at radius 3 is 2.82 bits per heavy atom. The molecule has 1 aromatic carbocycles. The van der Waals surface area contributed by atoms with Gasteiger partial charge in [-0.2, -0.15) is 0 Å². The van der Waals surface area contributed by atoms with Crippen molar-refractivity contribution < 1.29 is 9.18 Å². The number of rotatable bonds is 4. The fourth-order valence-electron chi connectivity index (χ4n) is 3.53. The molecular weight excluding hydrogens is 395 g/mol. The number of hydrogen-bond donors (Lipinski definition) is 1. The number of pyridine rings is 1. The van der Waals surface area contributed by atoms with Gasteiger partial charge in [0.1, 0.15) is 11.5 Å². The van der Waals surface area contributed by atoms with Gasteiger partial charge in [-0.15, -0.1) is 0 Å². The minimum Gasteiger partial charge on any atom is -0.291 e. The van der Waals surface area contributed by atoms with Crippen LogP contribution in [0.3, 0.4) is 0 Å². The van der Waals surface area contributed by atoms with E-state index in [4.69, 9.17) is 5.14 Å². The summed E-state index contributed by atoms with van der Waals surface area (Å²) >= 11 is 2.57. The molecule has 2 N–H and O–H groups in total. The van der Waals surface area contributed by atoms with Gasteiger partial charge in [-0.25, -0.2) is 9.37 Å². The Hall–Kier alpha value is -2.29. The van der Waals surface area contributed by atoms with Gasteiger partial charge in [-0.05, 0) is 61.0 Å². The smallest absolute Gasteiger partial charge is 0.232 e. The molecule has 0 saturated carbocycles. The highest BCUT2D eigenvalue weighted by Gasteiger charge is 2.31. The van der Waals surface area contributed by atoms with Crippen molar-refractivity contribution in [3.63, 3.8) is 0 Å². The van der Waals surface area contributed by atoms with Crippen molar-refractivity contribution in [2.24, 2.45) is 11.1 Å². The summed E-state index contributed by atoms with van der Waals surface area (Å²) in [7, 11) is 1.75. The zero-order valence-corrected chi connectivity index (χ0v) is 17.1. The van der Waals surface area contributed by atoms with E-state index in [0.717, 1.165) is 38.5 Å². The number of amides is 1. The fourth-order valence-corrected chi connectivity index (χ4v) is 4.93. The van der Waals surface area contributed by atoms with E-state index in [2.05, 4.69) is 9.97 Å². The molecule has 8 heteroatoms. The molecule has 1 amide bonds. The Balaban J connectivity index is 1.54. The molecule has 3 aromatic rings. The molecule has 4 rings (SSSR count). The molecule has 2 aromatic heterocycles. The van der Waals surface area contributed by atoms with Crippen molar-refractivity contribution in [2.75, 3.05) is 11.9 Å². The van der Waals surface area contributed by atoms with Gasteiger partial charge in [-0.3, -0.25) is 19.8 Å². The first-order valence-corrected chi connectivity index (χ1v) is 10.5. The molecule has 1 atom stereocenters. The predicted octanol–water partition coefficient (Wildman–Crippen LogP) is 4.00. The predicted molar refractivity (Wildman–Crippen MR) is 111 cm³/mol. The summed E-state index contributed by atoms with van der Waals surface area (Å²) in [6.45, 7) is 1.89. The number of benzene rings is 1. The maximum Gasteiger partial charge on any atom is 0.232 e. The molecule has 28 heavy (non-hydrogen) atoms. The molecule has 144 valence electrons. The molecule has 0 spiro atoms. The lowest BCUT2D eigenvalue weighted by atomic mass is 10.0. The number of thiazole rings is 1. The first-order valence-electron chi connectivity index (χ1n) is 8.82. The Morgan fingerprint density at radius 2 is 2.11 bits per heavy atom. The number of halogens is 1. The van der Waals surface area contributed by atoms with Crippen molar-refractivity contribution in [3.05, 3.63) is 59.2 Å². The van der Waals surface area contributed by atoms with E-state index in [-0.39, 0.29) is 17.6 Å². The number of hydrogen-bond acceptors (Lipinski definition) is 6. The quantitative estimate of drug-likeness (QED) is 0.654. The molecule has 0 fully saturated rings. The molecule has 2 heterocycles. The normalized spacial score (nSPS) is 15.5. The number of aryl methyl sites for hydroxylation is 1. The Bertz CT molecular complexity index is 1050. The third-order valence-electron chi connectivity index (χ3n) is 4.99. The third kappa shape index (κ3) is 3.43. The van der Waals surface area contributed by atoms with E-state index in [0.29, 0.717) is 23.7 Å². The topological polar surface area (TPSA) is 72.1 Å². The van der Waals surface area contributed by atoms with Gasteiger partial charge >= 0.3 is 0 Å². The van der Waals surface area contributed by atoms with Crippen LogP contribution in [0.1, 0.15) is 16.8 Å². The van der Waals surface area contributed by atoms with Gasteiger partial charge in [0.05, 0.1) is 9.90 Å². The van der Waals surface area contributed by atoms with Gasteiger partial charge in [0.2, 0.25) is 5.91 Å². The second kappa shape index (κ2) is 7.62. The summed E-state index contributed by atoms with van der Waals surface area (Å²) in [4.78, 5) is 23.2. The minimum absolute atomic E-state index is 0.0316. The number of carbonyl (C=O) groups excluding carboxylic acids is 1. The van der Waals surface area contributed by atoms with Crippen LogP contribution in [0.15, 0.2) is 40.7 Å². The van der Waals surface area contributed by atoms with E-state index in [9.17, 15) is 9.18 Å². The molecule has 0 radical (unpaired) electrons. The maximum atomic E-state index is 14.0. The summed E-state index contributed by atoms with van der Waals surface area (Å²) in [5.41, 5.74) is 4.10. The average Bonchev–Trinajstić information content (AvgIpc) is 3.29. The minimum atomic E-state index is -0.347. The van der Waals surface area contributed by atoms with Crippen molar-refractivity contribution in [2.45, 2.75) is 24.0 Å². The highest BCUT2D eigenvalue weighted by molar-refractivity contribution is 7.99. The van der Waals surface area contributed by atoms with E-state index in [1.165, 1.54) is 17.4 Å². The molecule has 0 saturated heterocycles. The highest BCUT2D eigenvalue weighted by Crippen LogP contribution is 2.35. The highest BCUT2D eigenvalue weighted by atomic mass is 32.2. The van der Waals surface area contributed by atoms with E-state index in [1.54, 1.807) is 24.2 Å². The van der Waals surface area contributed by atoms with Gasteiger partial charge < -0.3 is 0 Å². The summed E-state index contributed by atoms with van der Waals surface area (Å²) < 4.78 is 15.0. The van der Waals surface area contributed by atoms with Crippen molar-refractivity contribution in [1.29, 1.82) is 0 Å². The molecule has 0 aliphatic heterocycles. The standard InChI is InChI=1S/C20H19FN4OS2/c1-11-19(28-22)27-20(24-11)25(2)18(26)15-8-12-5-6-13(9-14(12)10-15)17-16(21)4-3-7-23-17/h3-7,9,15H,8,10,22H2,1-2H3/t15-/m0/s1. The second-order valence-electron chi connectivity index (χ2n) is 6.81. The lowest BCUT2D eigenvalue weighted by Gasteiger charge is -2.18. The number of carbonyl (C=O) groups is 1. The van der Waals surface area contributed by atoms with Gasteiger partial charge in [0.15, 0.2) is 5.13 Å². The van der Waals surface area contributed by atoms with Crippen LogP contribution in [0.4, 0.5) is 9.52 Å². The Labute approximate surface area is 170 Å². The van der Waals surface area contributed by atoms with Crippen LogP contribution >= 0.6 is 23.3 Å². The third-order valence-corrected chi connectivity index (χ3v) is 7.06. The zero-order chi connectivity index (χ0) is 19.8. The number of anilines is 1. The largest absolute Gasteiger partial charge is 0.291 e. The summed E-state index contributed by atoms with van der Waals surface area (Å²) in [6, 6.07) is 8.77. The van der Waals surface area contributed by atoms with Crippen LogP contribution in [-0.4, -0.2) is 22.9 Å². The van der Waals surface area contributed by atoms with Crippen LogP contribution < -0.4 is 10.0 Å². The van der Waals surface area contributed by atoms with Crippen LogP contribution in [0.25, 0.3) is 11.3 Å². The van der Waals surface area contributed by atoms with Gasteiger partial charge in [0, 0.05) is 24.7 Å². The SMILES string of the molecule is Cc1nc(N(C)C(=O)[C@H]2Cc3ccc(-c4ncccc4F)cc3C2)sc1SN. The molecule has 5 nitrogen and oxygen atoms in total. The molecule has 0 unspecified atom stereocenters. The molecule has 0 bridgehead atoms. The lowest BCUT2D eigenvalue weighted by molar-refractivity contribution is -0.121. The fraction of sp³-hybridized carbons (Fsp3) is 0.250.